The maximum Gasteiger partial charge on any atom is 0.141 e. The lowest BCUT2D eigenvalue weighted by Gasteiger charge is -2.18. The average Bonchev–Trinajstić information content (AvgIpc) is 2.94. The van der Waals surface area contributed by atoms with Gasteiger partial charge in [-0.05, 0) is 36.7 Å². The van der Waals surface area contributed by atoms with Crippen molar-refractivity contribution in [3.8, 4) is 0 Å². The number of para-hydroxylation sites is 1. The predicted octanol–water partition coefficient (Wildman–Crippen LogP) is 5.17. The van der Waals surface area contributed by atoms with Gasteiger partial charge in [0, 0.05) is 16.3 Å². The van der Waals surface area contributed by atoms with Crippen molar-refractivity contribution in [2.75, 3.05) is 0 Å². The number of hydrogen-bond acceptors (Lipinski definition) is 2. The molecule has 3 aromatic rings. The molecule has 0 spiro atoms. The van der Waals surface area contributed by atoms with Gasteiger partial charge in [0.05, 0.1) is 6.04 Å². The summed E-state index contributed by atoms with van der Waals surface area (Å²) in [7, 11) is 0. The molecule has 2 heterocycles. The minimum Gasteiger partial charge on any atom is -0.455 e. The fourth-order valence-electron chi connectivity index (χ4n) is 3.33. The van der Waals surface area contributed by atoms with Gasteiger partial charge >= 0.3 is 0 Å². The first-order valence-corrected chi connectivity index (χ1v) is 7.82. The third-order valence-electron chi connectivity index (χ3n) is 4.48. The smallest absolute Gasteiger partial charge is 0.141 e. The van der Waals surface area contributed by atoms with Gasteiger partial charge in [-0.2, -0.15) is 0 Å². The summed E-state index contributed by atoms with van der Waals surface area (Å²) in [6.07, 6.45) is 9.24. The number of fused-ring (bicyclic) bond motifs is 3. The number of dihydropyridines is 1. The van der Waals surface area contributed by atoms with E-state index in [2.05, 4.69) is 61.6 Å². The zero-order chi connectivity index (χ0) is 15.1. The van der Waals surface area contributed by atoms with Crippen molar-refractivity contribution in [3.05, 3.63) is 71.5 Å². The molecule has 22 heavy (non-hydrogen) atoms. The van der Waals surface area contributed by atoms with E-state index < -0.39 is 0 Å². The molecule has 1 aliphatic heterocycles. The Kier molecular flexibility index (Phi) is 3.04. The molecular formula is C20H19NO. The number of hydrogen-bond donors (Lipinski definition) is 1. The summed E-state index contributed by atoms with van der Waals surface area (Å²) in [5, 5.41) is 5.83. The van der Waals surface area contributed by atoms with E-state index in [-0.39, 0.29) is 6.04 Å². The molecule has 1 aliphatic rings. The highest BCUT2D eigenvalue weighted by Crippen LogP contribution is 2.37. The first-order chi connectivity index (χ1) is 10.8. The van der Waals surface area contributed by atoms with Crippen molar-refractivity contribution < 1.29 is 4.42 Å². The highest BCUT2D eigenvalue weighted by molar-refractivity contribution is 6.07. The molecule has 0 radical (unpaired) electrons. The van der Waals surface area contributed by atoms with Gasteiger partial charge in [-0.15, -0.1) is 0 Å². The quantitative estimate of drug-likeness (QED) is 0.704. The summed E-state index contributed by atoms with van der Waals surface area (Å²) in [4.78, 5) is 0. The summed E-state index contributed by atoms with van der Waals surface area (Å²) in [5.41, 5.74) is 5.79. The van der Waals surface area contributed by atoms with Crippen LogP contribution in [0.2, 0.25) is 0 Å². The van der Waals surface area contributed by atoms with Crippen molar-refractivity contribution in [2.24, 2.45) is 0 Å². The van der Waals surface area contributed by atoms with Crippen molar-refractivity contribution in [1.82, 2.24) is 5.32 Å². The monoisotopic (exact) mass is 289 g/mol. The summed E-state index contributed by atoms with van der Waals surface area (Å²) in [6, 6.07) is 11.0. The molecule has 2 nitrogen and oxygen atoms in total. The topological polar surface area (TPSA) is 25.2 Å². The van der Waals surface area contributed by atoms with E-state index in [9.17, 15) is 0 Å². The highest BCUT2D eigenvalue weighted by atomic mass is 16.3. The van der Waals surface area contributed by atoms with Crippen LogP contribution in [0, 0.1) is 6.92 Å². The standard InChI is InChI=1S/C20H19NO/c1-3-14-7-6-8-15-16-11-10-13(2)18(20(16)22-19(14)15)17-9-4-5-12-21-17/h4-12,17,21H,3H2,1-2H3. The number of allylic oxidation sites excluding steroid dienone is 2. The molecule has 0 fully saturated rings. The number of rotatable bonds is 2. The van der Waals surface area contributed by atoms with Crippen molar-refractivity contribution in [2.45, 2.75) is 26.3 Å². The highest BCUT2D eigenvalue weighted by Gasteiger charge is 2.19. The minimum absolute atomic E-state index is 0.166. The van der Waals surface area contributed by atoms with E-state index in [1.54, 1.807) is 0 Å². The van der Waals surface area contributed by atoms with Crippen LogP contribution in [-0.4, -0.2) is 0 Å². The van der Waals surface area contributed by atoms with Crippen molar-refractivity contribution >= 4 is 21.9 Å². The van der Waals surface area contributed by atoms with Crippen molar-refractivity contribution in [3.63, 3.8) is 0 Å². The second-order valence-corrected chi connectivity index (χ2v) is 5.81. The van der Waals surface area contributed by atoms with E-state index in [1.165, 1.54) is 27.5 Å². The normalized spacial score (nSPS) is 17.3. The fourth-order valence-corrected chi connectivity index (χ4v) is 3.33. The Bertz CT molecular complexity index is 914. The van der Waals surface area contributed by atoms with Gasteiger partial charge in [0.1, 0.15) is 11.2 Å². The maximum absolute atomic E-state index is 6.34. The van der Waals surface area contributed by atoms with Crippen LogP contribution in [0.3, 0.4) is 0 Å². The molecule has 1 unspecified atom stereocenters. The first-order valence-electron chi connectivity index (χ1n) is 7.82. The maximum atomic E-state index is 6.34. The molecule has 1 aromatic heterocycles. The Hall–Kier alpha value is -2.48. The van der Waals surface area contributed by atoms with Crippen LogP contribution in [0.5, 0.6) is 0 Å². The lowest BCUT2D eigenvalue weighted by molar-refractivity contribution is 0.643. The number of aryl methyl sites for hydroxylation is 2. The Morgan fingerprint density at radius 2 is 1.91 bits per heavy atom. The summed E-state index contributed by atoms with van der Waals surface area (Å²) in [5.74, 6) is 0. The van der Waals surface area contributed by atoms with E-state index in [0.29, 0.717) is 0 Å². The van der Waals surface area contributed by atoms with Crippen LogP contribution in [-0.2, 0) is 6.42 Å². The van der Waals surface area contributed by atoms with Crippen LogP contribution in [0.15, 0.2) is 59.2 Å². The molecular weight excluding hydrogens is 270 g/mol. The summed E-state index contributed by atoms with van der Waals surface area (Å²) < 4.78 is 6.34. The zero-order valence-electron chi connectivity index (χ0n) is 12.9. The Morgan fingerprint density at radius 3 is 2.68 bits per heavy atom. The van der Waals surface area contributed by atoms with Crippen LogP contribution < -0.4 is 5.32 Å². The van der Waals surface area contributed by atoms with Gasteiger partial charge in [0.15, 0.2) is 0 Å². The Balaban J connectivity index is 2.06. The number of furan rings is 1. The van der Waals surface area contributed by atoms with E-state index in [4.69, 9.17) is 4.42 Å². The predicted molar refractivity (Wildman–Crippen MR) is 92.0 cm³/mol. The Labute approximate surface area is 130 Å². The number of nitrogens with one attached hydrogen (secondary N) is 1. The second-order valence-electron chi connectivity index (χ2n) is 5.81. The fraction of sp³-hybridized carbons (Fsp3) is 0.200. The van der Waals surface area contributed by atoms with Gasteiger partial charge in [-0.1, -0.05) is 49.4 Å². The molecule has 0 saturated heterocycles. The third kappa shape index (κ3) is 1.87. The second kappa shape index (κ2) is 5.06. The minimum atomic E-state index is 0.166. The lowest BCUT2D eigenvalue weighted by atomic mass is 9.96. The van der Waals surface area contributed by atoms with Gasteiger partial charge in [-0.3, -0.25) is 0 Å². The molecule has 1 atom stereocenters. The summed E-state index contributed by atoms with van der Waals surface area (Å²) >= 11 is 0. The third-order valence-corrected chi connectivity index (χ3v) is 4.48. The molecule has 0 aliphatic carbocycles. The molecule has 2 aromatic carbocycles. The van der Waals surface area contributed by atoms with Crippen LogP contribution >= 0.6 is 0 Å². The molecule has 2 heteroatoms. The molecule has 4 rings (SSSR count). The lowest BCUT2D eigenvalue weighted by Crippen LogP contribution is -2.16. The van der Waals surface area contributed by atoms with Crippen LogP contribution in [0.25, 0.3) is 21.9 Å². The Morgan fingerprint density at radius 1 is 1.05 bits per heavy atom. The van der Waals surface area contributed by atoms with Gasteiger partial charge in [0.25, 0.3) is 0 Å². The van der Waals surface area contributed by atoms with Crippen LogP contribution in [0.1, 0.15) is 29.7 Å². The molecule has 0 saturated carbocycles. The average molecular weight is 289 g/mol. The largest absolute Gasteiger partial charge is 0.455 e. The van der Waals surface area contributed by atoms with Gasteiger partial charge in [-0.25, -0.2) is 0 Å². The first kappa shape index (κ1) is 13.2. The van der Waals surface area contributed by atoms with E-state index in [0.717, 1.165) is 17.6 Å². The number of benzene rings is 2. The molecule has 110 valence electrons. The van der Waals surface area contributed by atoms with Gasteiger partial charge in [0.2, 0.25) is 0 Å². The van der Waals surface area contributed by atoms with E-state index in [1.807, 2.05) is 12.3 Å². The SMILES string of the molecule is CCc1cccc2c1oc1c(C3C=CC=CN3)c(C)ccc12. The van der Waals surface area contributed by atoms with Crippen molar-refractivity contribution in [1.29, 1.82) is 0 Å². The molecule has 0 amide bonds. The molecule has 1 N–H and O–H groups in total. The zero-order valence-corrected chi connectivity index (χ0v) is 12.9. The van der Waals surface area contributed by atoms with E-state index >= 15 is 0 Å². The van der Waals surface area contributed by atoms with Gasteiger partial charge < -0.3 is 9.73 Å². The van der Waals surface area contributed by atoms with Crippen LogP contribution in [0.4, 0.5) is 0 Å². The molecule has 0 bridgehead atoms. The summed E-state index contributed by atoms with van der Waals surface area (Å²) in [6.45, 7) is 4.32.